The zero-order valence-corrected chi connectivity index (χ0v) is 15.3. The number of benzene rings is 1. The molecule has 0 radical (unpaired) electrons. The van der Waals surface area contributed by atoms with E-state index in [9.17, 15) is 0 Å². The van der Waals surface area contributed by atoms with Crippen LogP contribution in [0.25, 0.3) is 11.4 Å². The van der Waals surface area contributed by atoms with Crippen LogP contribution in [0.5, 0.6) is 0 Å². The van der Waals surface area contributed by atoms with E-state index < -0.39 is 0 Å². The third-order valence-corrected chi connectivity index (χ3v) is 5.79. The lowest BCUT2D eigenvalue weighted by atomic mass is 9.99. The molecular weight excluding hydrogens is 368 g/mol. The lowest BCUT2D eigenvalue weighted by Crippen LogP contribution is -2.38. The number of likely N-dealkylation sites (tertiary alicyclic amines) is 1. The summed E-state index contributed by atoms with van der Waals surface area (Å²) in [6, 6.07) is 8.28. The number of halogens is 1. The molecule has 6 heteroatoms. The number of aromatic nitrogens is 2. The van der Waals surface area contributed by atoms with Crippen molar-refractivity contribution >= 4 is 15.9 Å². The smallest absolute Gasteiger partial charge is 0.244 e. The molecule has 1 aromatic carbocycles. The van der Waals surface area contributed by atoms with E-state index in [0.717, 1.165) is 47.9 Å². The van der Waals surface area contributed by atoms with Crippen molar-refractivity contribution in [2.45, 2.75) is 31.7 Å². The molecule has 0 saturated carbocycles. The maximum absolute atomic E-state index is 5.64. The van der Waals surface area contributed by atoms with Crippen molar-refractivity contribution in [3.63, 3.8) is 0 Å². The minimum Gasteiger partial charge on any atom is -0.337 e. The number of hydrogen-bond donors (Lipinski definition) is 1. The molecule has 2 aromatic rings. The monoisotopic (exact) mass is 390 g/mol. The minimum atomic E-state index is 0.274. The SMILES string of the molecule is Brc1ccccc1-c1noc(C2CCCN2CC2CCCNC2)n1. The zero-order chi connectivity index (χ0) is 16.4. The molecule has 0 bridgehead atoms. The molecule has 2 aliphatic rings. The quantitative estimate of drug-likeness (QED) is 0.863. The second-order valence-corrected chi connectivity index (χ2v) is 7.66. The molecule has 0 aliphatic carbocycles. The van der Waals surface area contributed by atoms with Gasteiger partial charge in [0.25, 0.3) is 0 Å². The summed E-state index contributed by atoms with van der Waals surface area (Å²) in [5, 5.41) is 7.73. The number of rotatable bonds is 4. The third kappa shape index (κ3) is 3.41. The summed E-state index contributed by atoms with van der Waals surface area (Å²) < 4.78 is 6.63. The van der Waals surface area contributed by atoms with E-state index in [0.29, 0.717) is 5.82 Å². The van der Waals surface area contributed by atoms with Crippen LogP contribution < -0.4 is 5.32 Å². The highest BCUT2D eigenvalue weighted by atomic mass is 79.9. The van der Waals surface area contributed by atoms with Crippen LogP contribution in [0.2, 0.25) is 0 Å². The van der Waals surface area contributed by atoms with Gasteiger partial charge in [-0.1, -0.05) is 33.2 Å². The van der Waals surface area contributed by atoms with Crippen LogP contribution in [0.3, 0.4) is 0 Å². The normalized spacial score (nSPS) is 25.2. The van der Waals surface area contributed by atoms with Gasteiger partial charge in [-0.3, -0.25) is 4.90 Å². The standard InChI is InChI=1S/C18H23BrN4O/c19-15-7-2-1-6-14(15)17-21-18(24-22-17)16-8-4-10-23(16)12-13-5-3-9-20-11-13/h1-2,6-7,13,16,20H,3-5,8-12H2. The van der Waals surface area contributed by atoms with Crippen molar-refractivity contribution < 1.29 is 4.52 Å². The Morgan fingerprint density at radius 2 is 2.17 bits per heavy atom. The predicted octanol–water partition coefficient (Wildman–Crippen LogP) is 3.64. The third-order valence-electron chi connectivity index (χ3n) is 5.10. The molecule has 24 heavy (non-hydrogen) atoms. The maximum Gasteiger partial charge on any atom is 0.244 e. The van der Waals surface area contributed by atoms with Gasteiger partial charge in [0.2, 0.25) is 11.7 Å². The van der Waals surface area contributed by atoms with Crippen molar-refractivity contribution in [3.05, 3.63) is 34.6 Å². The molecule has 2 aliphatic heterocycles. The van der Waals surface area contributed by atoms with Gasteiger partial charge in [0.1, 0.15) is 0 Å². The first-order valence-electron chi connectivity index (χ1n) is 8.84. The summed E-state index contributed by atoms with van der Waals surface area (Å²) in [4.78, 5) is 7.24. The Morgan fingerprint density at radius 3 is 3.00 bits per heavy atom. The lowest BCUT2D eigenvalue weighted by Gasteiger charge is -2.29. The molecule has 2 saturated heterocycles. The second kappa shape index (κ2) is 7.33. The van der Waals surface area contributed by atoms with Gasteiger partial charge in [-0.2, -0.15) is 4.98 Å². The molecule has 5 nitrogen and oxygen atoms in total. The van der Waals surface area contributed by atoms with Gasteiger partial charge in [0.15, 0.2) is 0 Å². The van der Waals surface area contributed by atoms with Crippen molar-refractivity contribution in [2.75, 3.05) is 26.2 Å². The van der Waals surface area contributed by atoms with Crippen molar-refractivity contribution in [1.29, 1.82) is 0 Å². The van der Waals surface area contributed by atoms with Crippen LogP contribution in [0.1, 0.15) is 37.6 Å². The Morgan fingerprint density at radius 1 is 1.25 bits per heavy atom. The fourth-order valence-electron chi connectivity index (χ4n) is 3.86. The number of hydrogen-bond acceptors (Lipinski definition) is 5. The van der Waals surface area contributed by atoms with Crippen LogP contribution in [-0.4, -0.2) is 41.2 Å². The van der Waals surface area contributed by atoms with E-state index in [1.54, 1.807) is 0 Å². The van der Waals surface area contributed by atoms with Gasteiger partial charge in [0.05, 0.1) is 6.04 Å². The molecule has 2 fully saturated rings. The topological polar surface area (TPSA) is 54.2 Å². The molecule has 128 valence electrons. The summed E-state index contributed by atoms with van der Waals surface area (Å²) in [5.74, 6) is 2.18. The molecule has 0 amide bonds. The summed E-state index contributed by atoms with van der Waals surface area (Å²) in [5.41, 5.74) is 0.980. The van der Waals surface area contributed by atoms with E-state index >= 15 is 0 Å². The Hall–Kier alpha value is -1.24. The van der Waals surface area contributed by atoms with Crippen molar-refractivity contribution in [3.8, 4) is 11.4 Å². The van der Waals surface area contributed by atoms with Gasteiger partial charge in [-0.05, 0) is 63.4 Å². The van der Waals surface area contributed by atoms with Crippen LogP contribution in [-0.2, 0) is 0 Å². The van der Waals surface area contributed by atoms with Crippen LogP contribution in [0.4, 0.5) is 0 Å². The summed E-state index contributed by atoms with van der Waals surface area (Å²) >= 11 is 3.56. The summed E-state index contributed by atoms with van der Waals surface area (Å²) in [6.07, 6.45) is 4.92. The zero-order valence-electron chi connectivity index (χ0n) is 13.7. The van der Waals surface area contributed by atoms with Gasteiger partial charge in [-0.25, -0.2) is 0 Å². The first kappa shape index (κ1) is 16.2. The Balaban J connectivity index is 1.49. The number of piperidine rings is 1. The van der Waals surface area contributed by atoms with Gasteiger partial charge in [0, 0.05) is 16.6 Å². The summed E-state index contributed by atoms with van der Waals surface area (Å²) in [7, 11) is 0. The van der Waals surface area contributed by atoms with E-state index in [1.807, 2.05) is 24.3 Å². The van der Waals surface area contributed by atoms with Crippen LogP contribution >= 0.6 is 15.9 Å². The highest BCUT2D eigenvalue weighted by molar-refractivity contribution is 9.10. The lowest BCUT2D eigenvalue weighted by molar-refractivity contribution is 0.168. The largest absolute Gasteiger partial charge is 0.337 e. The second-order valence-electron chi connectivity index (χ2n) is 6.80. The maximum atomic E-state index is 5.64. The van der Waals surface area contributed by atoms with E-state index in [-0.39, 0.29) is 6.04 Å². The van der Waals surface area contributed by atoms with Crippen molar-refractivity contribution in [1.82, 2.24) is 20.4 Å². The number of nitrogens with one attached hydrogen (secondary N) is 1. The van der Waals surface area contributed by atoms with E-state index in [2.05, 4.69) is 31.3 Å². The van der Waals surface area contributed by atoms with E-state index in [4.69, 9.17) is 9.51 Å². The fraction of sp³-hybridized carbons (Fsp3) is 0.556. The Labute approximate surface area is 150 Å². The molecule has 3 heterocycles. The predicted molar refractivity (Wildman–Crippen MR) is 96.6 cm³/mol. The molecular formula is C18H23BrN4O. The fourth-order valence-corrected chi connectivity index (χ4v) is 4.32. The molecule has 0 spiro atoms. The molecule has 1 aromatic heterocycles. The molecule has 4 rings (SSSR count). The van der Waals surface area contributed by atoms with Crippen molar-refractivity contribution in [2.24, 2.45) is 5.92 Å². The number of nitrogens with zero attached hydrogens (tertiary/aromatic N) is 3. The first-order valence-corrected chi connectivity index (χ1v) is 9.64. The van der Waals surface area contributed by atoms with Gasteiger partial charge >= 0.3 is 0 Å². The molecule has 1 N–H and O–H groups in total. The Bertz CT molecular complexity index is 683. The minimum absolute atomic E-state index is 0.274. The highest BCUT2D eigenvalue weighted by Gasteiger charge is 2.32. The van der Waals surface area contributed by atoms with Crippen LogP contribution in [0.15, 0.2) is 33.3 Å². The van der Waals surface area contributed by atoms with Gasteiger partial charge in [-0.15, -0.1) is 0 Å². The first-order chi connectivity index (χ1) is 11.8. The Kier molecular flexibility index (Phi) is 4.96. The average Bonchev–Trinajstić information content (AvgIpc) is 3.25. The van der Waals surface area contributed by atoms with Gasteiger partial charge < -0.3 is 9.84 Å². The molecule has 2 atom stereocenters. The van der Waals surface area contributed by atoms with E-state index in [1.165, 1.54) is 25.8 Å². The average molecular weight is 391 g/mol. The highest BCUT2D eigenvalue weighted by Crippen LogP contribution is 2.34. The van der Waals surface area contributed by atoms with Crippen LogP contribution in [0, 0.1) is 5.92 Å². The molecule has 2 unspecified atom stereocenters. The summed E-state index contributed by atoms with van der Waals surface area (Å²) in [6.45, 7) is 4.56.